The molecule has 1 aliphatic carbocycles. The van der Waals surface area contributed by atoms with Gasteiger partial charge in [-0.05, 0) is 19.1 Å². The van der Waals surface area contributed by atoms with E-state index in [0.29, 0.717) is 0 Å². The lowest BCUT2D eigenvalue weighted by atomic mass is 9.93. The van der Waals surface area contributed by atoms with Gasteiger partial charge in [-0.25, -0.2) is 0 Å². The molecule has 0 saturated carbocycles. The van der Waals surface area contributed by atoms with Crippen molar-refractivity contribution >= 4 is 11.4 Å². The number of aliphatic hydroxyl groups excluding tert-OH is 1. The molecule has 1 aromatic rings. The fourth-order valence-electron chi connectivity index (χ4n) is 2.14. The molecule has 0 amide bonds. The van der Waals surface area contributed by atoms with Crippen LogP contribution in [-0.2, 0) is 0 Å². The summed E-state index contributed by atoms with van der Waals surface area (Å²) in [6, 6.07) is 2.94. The topological polar surface area (TPSA) is 108 Å². The first-order valence-corrected chi connectivity index (χ1v) is 8.35. The molecule has 1 aromatic carbocycles. The maximum absolute atomic E-state index is 10.7. The van der Waals surface area contributed by atoms with Crippen molar-refractivity contribution in [1.82, 2.24) is 0 Å². The molecule has 2 N–H and O–H groups in total. The zero-order valence-electron chi connectivity index (χ0n) is 15.6. The van der Waals surface area contributed by atoms with Crippen LogP contribution in [0.1, 0.15) is 41.5 Å². The van der Waals surface area contributed by atoms with Crippen molar-refractivity contribution in [2.75, 3.05) is 0 Å². The molecule has 0 fully saturated rings. The van der Waals surface area contributed by atoms with Crippen LogP contribution < -0.4 is 0 Å². The van der Waals surface area contributed by atoms with Crippen LogP contribution in [0.3, 0.4) is 0 Å². The predicted molar refractivity (Wildman–Crippen MR) is 99.4 cm³/mol. The summed E-state index contributed by atoms with van der Waals surface area (Å²) in [6.45, 7) is 11.7. The van der Waals surface area contributed by atoms with Crippen molar-refractivity contribution in [3.63, 3.8) is 0 Å². The van der Waals surface area contributed by atoms with Crippen LogP contribution in [0.2, 0.25) is 0 Å². The maximum atomic E-state index is 10.7. The molecule has 7 nitrogen and oxygen atoms in total. The van der Waals surface area contributed by atoms with Gasteiger partial charge in [0.05, 0.1) is 4.92 Å². The zero-order valence-corrected chi connectivity index (χ0v) is 15.6. The van der Waals surface area contributed by atoms with Gasteiger partial charge in [0.1, 0.15) is 23.2 Å². The van der Waals surface area contributed by atoms with Gasteiger partial charge in [-0.3, -0.25) is 10.1 Å². The van der Waals surface area contributed by atoms with Gasteiger partial charge in [-0.1, -0.05) is 46.3 Å². The van der Waals surface area contributed by atoms with E-state index in [9.17, 15) is 20.3 Å². The van der Waals surface area contributed by atoms with Crippen LogP contribution in [0, 0.1) is 16.0 Å². The Morgan fingerprint density at radius 1 is 1.16 bits per heavy atom. The molecule has 138 valence electrons. The number of nitrogens with zero attached hydrogens (tertiary/aromatic N) is 3. The number of azo groups is 1. The highest BCUT2D eigenvalue weighted by Gasteiger charge is 2.23. The first kappa shape index (κ1) is 22.3. The normalized spacial score (nSPS) is 19.0. The Labute approximate surface area is 148 Å². The number of allylic oxidation sites excluding steroid dienone is 2. The Morgan fingerprint density at radius 3 is 2.28 bits per heavy atom. The summed E-state index contributed by atoms with van der Waals surface area (Å²) in [7, 11) is 0. The predicted octanol–water partition coefficient (Wildman–Crippen LogP) is 5.84. The second-order valence-electron chi connectivity index (χ2n) is 4.93. The number of nitro groups is 1. The fourth-order valence-corrected chi connectivity index (χ4v) is 2.14. The molecular weight excluding hydrogens is 322 g/mol. The van der Waals surface area contributed by atoms with E-state index in [1.807, 2.05) is 47.6 Å². The molecule has 2 unspecified atom stereocenters. The van der Waals surface area contributed by atoms with Crippen molar-refractivity contribution in [1.29, 1.82) is 0 Å². The van der Waals surface area contributed by atoms with Crippen molar-refractivity contribution in [3.05, 3.63) is 51.8 Å². The number of aliphatic hydroxyl groups is 1. The van der Waals surface area contributed by atoms with Crippen LogP contribution >= 0.6 is 0 Å². The number of phenols is 1. The lowest BCUT2D eigenvalue weighted by Crippen LogP contribution is -2.19. The lowest BCUT2D eigenvalue weighted by molar-refractivity contribution is -0.384. The van der Waals surface area contributed by atoms with E-state index in [1.165, 1.54) is 12.1 Å². The monoisotopic (exact) mass is 349 g/mol. The number of non-ortho nitro benzene ring substituents is 1. The number of nitro benzene ring substituents is 1. The molecule has 7 heteroatoms. The Hall–Kier alpha value is -2.70. The van der Waals surface area contributed by atoms with Crippen LogP contribution in [-0.4, -0.2) is 21.2 Å². The number of hydrogen-bond acceptors (Lipinski definition) is 6. The van der Waals surface area contributed by atoms with E-state index >= 15 is 0 Å². The Balaban J connectivity index is 0.00000134. The second-order valence-corrected chi connectivity index (χ2v) is 4.93. The summed E-state index contributed by atoms with van der Waals surface area (Å²) < 4.78 is 0. The molecule has 0 radical (unpaired) electrons. The maximum Gasteiger partial charge on any atom is 0.271 e. The molecule has 0 bridgehead atoms. The van der Waals surface area contributed by atoms with Crippen molar-refractivity contribution in [3.8, 4) is 5.75 Å². The van der Waals surface area contributed by atoms with Crippen molar-refractivity contribution in [2.24, 2.45) is 16.1 Å². The number of hydrogen-bond donors (Lipinski definition) is 2. The number of aromatic hydroxyl groups is 1. The van der Waals surface area contributed by atoms with Crippen LogP contribution in [0.15, 0.2) is 51.9 Å². The quantitative estimate of drug-likeness (QED) is 0.405. The third-order valence-corrected chi connectivity index (χ3v) is 3.16. The average Bonchev–Trinajstić information content (AvgIpc) is 2.58. The largest absolute Gasteiger partial charge is 0.510 e. The first-order valence-electron chi connectivity index (χ1n) is 8.35. The zero-order chi connectivity index (χ0) is 19.6. The molecule has 25 heavy (non-hydrogen) atoms. The summed E-state index contributed by atoms with van der Waals surface area (Å²) in [6.07, 6.45) is 3.54. The van der Waals surface area contributed by atoms with Gasteiger partial charge in [0.2, 0.25) is 0 Å². The molecular formula is C18H27N3O4. The third-order valence-electron chi connectivity index (χ3n) is 3.16. The molecule has 1 aliphatic rings. The standard InChI is InChI=1S/C14H15N3O4.2C2H6/c1-8-5-9(2)14(13(19)6-8)16-15-11-7-10(17(20)21)3-4-12(11)18;2*1-2/h3-7,9,14,18-19H,1-2H3;2*1-2H3. The number of rotatable bonds is 3. The van der Waals surface area contributed by atoms with E-state index in [-0.39, 0.29) is 28.8 Å². The molecule has 0 aromatic heterocycles. The van der Waals surface area contributed by atoms with E-state index in [4.69, 9.17) is 0 Å². The summed E-state index contributed by atoms with van der Waals surface area (Å²) in [5, 5.41) is 38.1. The number of phenolic OH excluding ortho intramolecular Hbond substituents is 1. The van der Waals surface area contributed by atoms with E-state index in [1.54, 1.807) is 6.08 Å². The minimum atomic E-state index is -0.578. The Morgan fingerprint density at radius 2 is 1.76 bits per heavy atom. The molecule has 2 atom stereocenters. The van der Waals surface area contributed by atoms with Crippen LogP contribution in [0.25, 0.3) is 0 Å². The summed E-state index contributed by atoms with van der Waals surface area (Å²) in [5.41, 5.74) is 0.745. The number of benzene rings is 1. The van der Waals surface area contributed by atoms with Gasteiger partial charge >= 0.3 is 0 Å². The first-order chi connectivity index (χ1) is 11.9. The van der Waals surface area contributed by atoms with E-state index in [2.05, 4.69) is 10.2 Å². The highest BCUT2D eigenvalue weighted by atomic mass is 16.6. The van der Waals surface area contributed by atoms with Crippen molar-refractivity contribution in [2.45, 2.75) is 47.6 Å². The van der Waals surface area contributed by atoms with Gasteiger partial charge in [-0.15, -0.1) is 0 Å². The highest BCUT2D eigenvalue weighted by molar-refractivity contribution is 5.56. The van der Waals surface area contributed by atoms with Gasteiger partial charge in [0, 0.05) is 18.1 Å². The van der Waals surface area contributed by atoms with Crippen LogP contribution in [0.4, 0.5) is 11.4 Å². The smallest absolute Gasteiger partial charge is 0.271 e. The van der Waals surface area contributed by atoms with E-state index in [0.717, 1.165) is 11.6 Å². The average molecular weight is 349 g/mol. The van der Waals surface area contributed by atoms with Crippen molar-refractivity contribution < 1.29 is 15.1 Å². The van der Waals surface area contributed by atoms with Crippen LogP contribution in [0.5, 0.6) is 5.75 Å². The fraction of sp³-hybridized carbons (Fsp3) is 0.444. The molecule has 0 spiro atoms. The van der Waals surface area contributed by atoms with Gasteiger partial charge in [-0.2, -0.15) is 10.2 Å². The lowest BCUT2D eigenvalue weighted by Gasteiger charge is -2.20. The third kappa shape index (κ3) is 6.37. The second kappa shape index (κ2) is 11.0. The minimum absolute atomic E-state index is 0.00419. The highest BCUT2D eigenvalue weighted by Crippen LogP contribution is 2.32. The SMILES string of the molecule is CC.CC.CC1=CC(C)C(N=Nc2cc([N+](=O)[O-])ccc2O)C(O)=C1. The van der Waals surface area contributed by atoms with Gasteiger partial charge < -0.3 is 10.2 Å². The molecule has 0 saturated heterocycles. The molecule has 0 aliphatic heterocycles. The molecule has 0 heterocycles. The minimum Gasteiger partial charge on any atom is -0.510 e. The summed E-state index contributed by atoms with van der Waals surface area (Å²) in [5.74, 6) is -0.182. The van der Waals surface area contributed by atoms with E-state index < -0.39 is 11.0 Å². The summed E-state index contributed by atoms with van der Waals surface area (Å²) >= 11 is 0. The Kier molecular flexibility index (Phi) is 9.78. The molecule has 2 rings (SSSR count). The Bertz CT molecular complexity index is 666. The summed E-state index contributed by atoms with van der Waals surface area (Å²) in [4.78, 5) is 10.1. The van der Waals surface area contributed by atoms with Gasteiger partial charge in [0.25, 0.3) is 5.69 Å². The van der Waals surface area contributed by atoms with Gasteiger partial charge in [0.15, 0.2) is 0 Å².